The summed E-state index contributed by atoms with van der Waals surface area (Å²) in [6.45, 7) is 2.38. The highest BCUT2D eigenvalue weighted by Crippen LogP contribution is 2.39. The van der Waals surface area contributed by atoms with Gasteiger partial charge in [0.15, 0.2) is 5.82 Å². The van der Waals surface area contributed by atoms with Crippen LogP contribution in [0.15, 0.2) is 16.6 Å². The van der Waals surface area contributed by atoms with Crippen molar-refractivity contribution in [2.24, 2.45) is 17.1 Å². The van der Waals surface area contributed by atoms with Gasteiger partial charge in [0.05, 0.1) is 11.1 Å². The fourth-order valence-electron chi connectivity index (χ4n) is 2.75. The number of anilines is 1. The van der Waals surface area contributed by atoms with Crippen molar-refractivity contribution in [3.05, 3.63) is 28.2 Å². The third-order valence-electron chi connectivity index (χ3n) is 4.35. The van der Waals surface area contributed by atoms with E-state index in [2.05, 4.69) is 28.2 Å². The number of nitrogens with one attached hydrogen (secondary N) is 1. The molecule has 1 aromatic carbocycles. The number of benzene rings is 1. The van der Waals surface area contributed by atoms with Gasteiger partial charge in [-0.05, 0) is 53.6 Å². The summed E-state index contributed by atoms with van der Waals surface area (Å²) >= 11 is 3.07. The summed E-state index contributed by atoms with van der Waals surface area (Å²) in [4.78, 5) is 12.5. The van der Waals surface area contributed by atoms with Crippen molar-refractivity contribution < 1.29 is 13.6 Å². The van der Waals surface area contributed by atoms with E-state index in [-0.39, 0.29) is 22.6 Å². The molecule has 0 bridgehead atoms. The molecule has 1 fully saturated rings. The number of hydrogen-bond acceptors (Lipinski definition) is 2. The Morgan fingerprint density at radius 3 is 2.57 bits per heavy atom. The van der Waals surface area contributed by atoms with E-state index in [0.29, 0.717) is 18.8 Å². The highest BCUT2D eigenvalue weighted by molar-refractivity contribution is 9.10. The Morgan fingerprint density at radius 1 is 1.43 bits per heavy atom. The van der Waals surface area contributed by atoms with Gasteiger partial charge in [-0.2, -0.15) is 0 Å². The van der Waals surface area contributed by atoms with Crippen LogP contribution in [-0.4, -0.2) is 12.5 Å². The molecule has 21 heavy (non-hydrogen) atoms. The summed E-state index contributed by atoms with van der Waals surface area (Å²) < 4.78 is 27.1. The predicted octanol–water partition coefficient (Wildman–Crippen LogP) is 3.82. The zero-order chi connectivity index (χ0) is 15.6. The molecule has 116 valence electrons. The van der Waals surface area contributed by atoms with Crippen LogP contribution in [0.5, 0.6) is 0 Å². The molecule has 0 aliphatic heterocycles. The van der Waals surface area contributed by atoms with Crippen molar-refractivity contribution >= 4 is 27.5 Å². The van der Waals surface area contributed by atoms with Crippen molar-refractivity contribution in [1.82, 2.24) is 0 Å². The van der Waals surface area contributed by atoms with E-state index < -0.39 is 17.0 Å². The first-order chi connectivity index (χ1) is 9.88. The van der Waals surface area contributed by atoms with Gasteiger partial charge >= 0.3 is 0 Å². The Labute approximate surface area is 131 Å². The topological polar surface area (TPSA) is 55.1 Å². The van der Waals surface area contributed by atoms with E-state index >= 15 is 0 Å². The summed E-state index contributed by atoms with van der Waals surface area (Å²) in [5, 5.41) is 2.57. The van der Waals surface area contributed by atoms with E-state index in [1.165, 1.54) is 0 Å². The Balaban J connectivity index is 2.21. The Bertz CT molecular complexity index is 519. The molecule has 1 aromatic rings. The SMILES string of the molecule is CC1CCC(CN)(C(=O)Nc2c(F)cc(F)cc2Br)CC1. The average molecular weight is 361 g/mol. The van der Waals surface area contributed by atoms with E-state index in [1.807, 2.05) is 0 Å². The van der Waals surface area contributed by atoms with Crippen molar-refractivity contribution in [2.75, 3.05) is 11.9 Å². The van der Waals surface area contributed by atoms with Crippen LogP contribution in [0.3, 0.4) is 0 Å². The van der Waals surface area contributed by atoms with Gasteiger partial charge in [0.2, 0.25) is 5.91 Å². The number of rotatable bonds is 3. The minimum absolute atomic E-state index is 0.0344. The number of amides is 1. The van der Waals surface area contributed by atoms with E-state index in [1.54, 1.807) is 0 Å². The molecule has 1 saturated carbocycles. The number of halogens is 3. The van der Waals surface area contributed by atoms with E-state index in [0.717, 1.165) is 25.0 Å². The molecule has 6 heteroatoms. The van der Waals surface area contributed by atoms with Gasteiger partial charge < -0.3 is 11.1 Å². The standard InChI is InChI=1S/C15H19BrF2N2O/c1-9-2-4-15(8-19,5-3-9)14(21)20-13-11(16)6-10(17)7-12(13)18/h6-7,9H,2-5,8,19H2,1H3,(H,20,21). The molecule has 0 heterocycles. The van der Waals surface area contributed by atoms with E-state index in [9.17, 15) is 13.6 Å². The molecule has 1 amide bonds. The molecule has 2 rings (SSSR count). The zero-order valence-corrected chi connectivity index (χ0v) is 13.5. The smallest absolute Gasteiger partial charge is 0.231 e. The Hall–Kier alpha value is -1.01. The monoisotopic (exact) mass is 360 g/mol. The summed E-state index contributed by atoms with van der Waals surface area (Å²) in [6, 6.07) is 1.87. The minimum atomic E-state index is -0.799. The Kier molecular flexibility index (Phi) is 4.99. The summed E-state index contributed by atoms with van der Waals surface area (Å²) in [6.07, 6.45) is 3.24. The molecule has 1 aliphatic carbocycles. The third-order valence-corrected chi connectivity index (χ3v) is 4.97. The molecular weight excluding hydrogens is 342 g/mol. The fraction of sp³-hybridized carbons (Fsp3) is 0.533. The van der Waals surface area contributed by atoms with Gasteiger partial charge in [0, 0.05) is 17.1 Å². The number of carbonyl (C=O) groups is 1. The molecule has 3 nitrogen and oxygen atoms in total. The second-order valence-corrected chi connectivity index (χ2v) is 6.72. The van der Waals surface area contributed by atoms with Gasteiger partial charge in [-0.3, -0.25) is 4.79 Å². The van der Waals surface area contributed by atoms with Gasteiger partial charge in [-0.25, -0.2) is 8.78 Å². The normalized spacial score (nSPS) is 25.7. The maximum absolute atomic E-state index is 13.8. The van der Waals surface area contributed by atoms with Gasteiger partial charge in [-0.1, -0.05) is 6.92 Å². The highest BCUT2D eigenvalue weighted by atomic mass is 79.9. The second-order valence-electron chi connectivity index (χ2n) is 5.87. The average Bonchev–Trinajstić information content (AvgIpc) is 2.43. The van der Waals surface area contributed by atoms with Crippen LogP contribution in [0.2, 0.25) is 0 Å². The number of nitrogens with two attached hydrogens (primary N) is 1. The van der Waals surface area contributed by atoms with Crippen molar-refractivity contribution in [1.29, 1.82) is 0 Å². The quantitative estimate of drug-likeness (QED) is 0.860. The lowest BCUT2D eigenvalue weighted by atomic mass is 9.70. The molecule has 0 unspecified atom stereocenters. The van der Waals surface area contributed by atoms with Crippen LogP contribution in [0.25, 0.3) is 0 Å². The van der Waals surface area contributed by atoms with Crippen LogP contribution in [0.4, 0.5) is 14.5 Å². The molecular formula is C15H19BrF2N2O. The van der Waals surface area contributed by atoms with Crippen LogP contribution in [0, 0.1) is 23.0 Å². The van der Waals surface area contributed by atoms with Gasteiger partial charge in [0.1, 0.15) is 5.82 Å². The summed E-state index contributed by atoms with van der Waals surface area (Å²) in [5.74, 6) is -1.21. The first-order valence-electron chi connectivity index (χ1n) is 7.04. The van der Waals surface area contributed by atoms with Crippen LogP contribution < -0.4 is 11.1 Å². The number of carbonyl (C=O) groups excluding carboxylic acids is 1. The zero-order valence-electron chi connectivity index (χ0n) is 11.9. The molecule has 1 aliphatic rings. The lowest BCUT2D eigenvalue weighted by molar-refractivity contribution is -0.127. The number of hydrogen-bond donors (Lipinski definition) is 2. The first-order valence-corrected chi connectivity index (χ1v) is 7.83. The largest absolute Gasteiger partial charge is 0.329 e. The summed E-state index contributed by atoms with van der Waals surface area (Å²) in [7, 11) is 0. The fourth-order valence-corrected chi connectivity index (χ4v) is 3.25. The molecule has 0 spiro atoms. The molecule has 0 atom stereocenters. The molecule has 0 radical (unpaired) electrons. The molecule has 0 aromatic heterocycles. The van der Waals surface area contributed by atoms with Gasteiger partial charge in [0.25, 0.3) is 0 Å². The molecule has 0 saturated heterocycles. The van der Waals surface area contributed by atoms with Crippen LogP contribution >= 0.6 is 15.9 Å². The first kappa shape index (κ1) is 16.4. The van der Waals surface area contributed by atoms with Crippen molar-refractivity contribution in [3.8, 4) is 0 Å². The lowest BCUT2D eigenvalue weighted by Crippen LogP contribution is -2.45. The highest BCUT2D eigenvalue weighted by Gasteiger charge is 2.40. The second kappa shape index (κ2) is 6.40. The minimum Gasteiger partial charge on any atom is -0.329 e. The van der Waals surface area contributed by atoms with Crippen molar-refractivity contribution in [2.45, 2.75) is 32.6 Å². The van der Waals surface area contributed by atoms with Crippen molar-refractivity contribution in [3.63, 3.8) is 0 Å². The van der Waals surface area contributed by atoms with E-state index in [4.69, 9.17) is 5.73 Å². The lowest BCUT2D eigenvalue weighted by Gasteiger charge is -2.37. The molecule has 3 N–H and O–H groups in total. The Morgan fingerprint density at radius 2 is 2.05 bits per heavy atom. The predicted molar refractivity (Wildman–Crippen MR) is 81.8 cm³/mol. The third kappa shape index (κ3) is 3.43. The van der Waals surface area contributed by atoms with Crippen LogP contribution in [-0.2, 0) is 4.79 Å². The van der Waals surface area contributed by atoms with Crippen LogP contribution in [0.1, 0.15) is 32.6 Å². The maximum Gasteiger partial charge on any atom is 0.231 e. The summed E-state index contributed by atoms with van der Waals surface area (Å²) in [5.41, 5.74) is 5.12. The maximum atomic E-state index is 13.8. The van der Waals surface area contributed by atoms with Gasteiger partial charge in [-0.15, -0.1) is 0 Å².